The summed E-state index contributed by atoms with van der Waals surface area (Å²) in [6, 6.07) is 5.56. The van der Waals surface area contributed by atoms with Crippen LogP contribution in [0.4, 0.5) is 5.69 Å². The monoisotopic (exact) mass is 324 g/mol. The molecule has 0 heterocycles. The number of amides is 1. The number of hydrogen-bond acceptors (Lipinski definition) is 2. The molecule has 0 bridgehead atoms. The molecule has 4 heteroatoms. The zero-order chi connectivity index (χ0) is 13.8. The van der Waals surface area contributed by atoms with Crippen molar-refractivity contribution in [3.8, 4) is 0 Å². The van der Waals surface area contributed by atoms with Crippen LogP contribution >= 0.6 is 15.9 Å². The van der Waals surface area contributed by atoms with E-state index >= 15 is 0 Å². The normalized spacial score (nSPS) is 18.0. The van der Waals surface area contributed by atoms with Crippen molar-refractivity contribution in [2.45, 2.75) is 45.1 Å². The molecule has 1 saturated carbocycles. The molecule has 3 nitrogen and oxygen atoms in total. The molecule has 1 fully saturated rings. The second-order valence-electron chi connectivity index (χ2n) is 5.40. The Morgan fingerprint density at radius 2 is 2.05 bits per heavy atom. The molecule has 0 saturated heterocycles. The van der Waals surface area contributed by atoms with Crippen molar-refractivity contribution in [3.05, 3.63) is 28.2 Å². The molecule has 0 aliphatic heterocycles. The highest BCUT2D eigenvalue weighted by Crippen LogP contribution is 2.26. The molecule has 2 rings (SSSR count). The Kier molecular flexibility index (Phi) is 4.86. The van der Waals surface area contributed by atoms with E-state index in [4.69, 9.17) is 5.73 Å². The molecule has 1 aliphatic carbocycles. The lowest BCUT2D eigenvalue weighted by atomic mass is 9.84. The molecule has 3 N–H and O–H groups in total. The second kappa shape index (κ2) is 6.42. The largest absolute Gasteiger partial charge is 0.398 e. The molecular weight excluding hydrogens is 304 g/mol. The summed E-state index contributed by atoms with van der Waals surface area (Å²) in [4.78, 5) is 12.2. The van der Waals surface area contributed by atoms with Crippen LogP contribution in [0.15, 0.2) is 22.7 Å². The van der Waals surface area contributed by atoms with E-state index in [1.165, 1.54) is 32.1 Å². The molecule has 19 heavy (non-hydrogen) atoms. The van der Waals surface area contributed by atoms with E-state index in [0.717, 1.165) is 4.47 Å². The number of benzene rings is 1. The van der Waals surface area contributed by atoms with Gasteiger partial charge in [-0.1, -0.05) is 19.3 Å². The van der Waals surface area contributed by atoms with Crippen LogP contribution in [0.5, 0.6) is 0 Å². The van der Waals surface area contributed by atoms with Crippen LogP contribution in [0, 0.1) is 5.92 Å². The van der Waals surface area contributed by atoms with Gasteiger partial charge in [-0.2, -0.15) is 0 Å². The van der Waals surface area contributed by atoms with Gasteiger partial charge in [0.1, 0.15) is 0 Å². The summed E-state index contributed by atoms with van der Waals surface area (Å²) in [5.41, 5.74) is 7.03. The third-order valence-electron chi connectivity index (χ3n) is 3.97. The molecule has 0 radical (unpaired) electrons. The standard InChI is InChI=1S/C15H21BrN2O/c1-10(11-5-3-2-4-6-11)18-15(19)12-7-8-13(16)14(17)9-12/h7-11H,2-6,17H2,1H3,(H,18,19)/t10-/m0/s1. The van der Waals surface area contributed by atoms with Crippen LogP contribution in [-0.2, 0) is 0 Å². The SMILES string of the molecule is C[C@H](NC(=O)c1ccc(Br)c(N)c1)C1CCCCC1. The minimum atomic E-state index is -0.0303. The van der Waals surface area contributed by atoms with Gasteiger partial charge in [0, 0.05) is 21.8 Å². The quantitative estimate of drug-likeness (QED) is 0.832. The molecule has 1 aromatic carbocycles. The summed E-state index contributed by atoms with van der Waals surface area (Å²) < 4.78 is 0.823. The number of nitrogen functional groups attached to an aromatic ring is 1. The summed E-state index contributed by atoms with van der Waals surface area (Å²) in [7, 11) is 0. The van der Waals surface area contributed by atoms with Crippen molar-refractivity contribution in [3.63, 3.8) is 0 Å². The van der Waals surface area contributed by atoms with Crippen LogP contribution in [0.1, 0.15) is 49.4 Å². The number of carbonyl (C=O) groups is 1. The summed E-state index contributed by atoms with van der Waals surface area (Å²) in [6.07, 6.45) is 6.36. The molecule has 1 aliphatic rings. The van der Waals surface area contributed by atoms with E-state index in [2.05, 4.69) is 28.2 Å². The van der Waals surface area contributed by atoms with Crippen molar-refractivity contribution >= 4 is 27.5 Å². The fourth-order valence-corrected chi connectivity index (χ4v) is 2.97. The van der Waals surface area contributed by atoms with Gasteiger partial charge < -0.3 is 11.1 Å². The van der Waals surface area contributed by atoms with Gasteiger partial charge in [-0.25, -0.2) is 0 Å². The molecule has 1 amide bonds. The van der Waals surface area contributed by atoms with Gasteiger partial charge >= 0.3 is 0 Å². The lowest BCUT2D eigenvalue weighted by molar-refractivity contribution is 0.0919. The highest BCUT2D eigenvalue weighted by Gasteiger charge is 2.21. The fraction of sp³-hybridized carbons (Fsp3) is 0.533. The average molecular weight is 325 g/mol. The van der Waals surface area contributed by atoms with Crippen LogP contribution in [0.25, 0.3) is 0 Å². The third-order valence-corrected chi connectivity index (χ3v) is 4.70. The first-order chi connectivity index (χ1) is 9.08. The fourth-order valence-electron chi connectivity index (χ4n) is 2.73. The first-order valence-corrected chi connectivity index (χ1v) is 7.73. The molecular formula is C15H21BrN2O. The minimum Gasteiger partial charge on any atom is -0.398 e. The van der Waals surface area contributed by atoms with Crippen LogP contribution in [0.3, 0.4) is 0 Å². The number of halogens is 1. The molecule has 104 valence electrons. The molecule has 0 spiro atoms. The minimum absolute atomic E-state index is 0.0303. The number of anilines is 1. The molecule has 0 aromatic heterocycles. The Bertz CT molecular complexity index is 455. The van der Waals surface area contributed by atoms with Crippen LogP contribution in [-0.4, -0.2) is 11.9 Å². The van der Waals surface area contributed by atoms with E-state index in [1.54, 1.807) is 12.1 Å². The highest BCUT2D eigenvalue weighted by atomic mass is 79.9. The predicted molar refractivity (Wildman–Crippen MR) is 82.1 cm³/mol. The molecule has 1 aromatic rings. The number of carbonyl (C=O) groups excluding carboxylic acids is 1. The maximum atomic E-state index is 12.2. The van der Waals surface area contributed by atoms with Gasteiger partial charge in [-0.15, -0.1) is 0 Å². The van der Waals surface area contributed by atoms with Gasteiger partial charge in [0.15, 0.2) is 0 Å². The van der Waals surface area contributed by atoms with Gasteiger partial charge in [-0.3, -0.25) is 4.79 Å². The number of hydrogen-bond donors (Lipinski definition) is 2. The zero-order valence-electron chi connectivity index (χ0n) is 11.3. The Morgan fingerprint density at radius 3 is 2.68 bits per heavy atom. The Labute approximate surface area is 123 Å². The lowest BCUT2D eigenvalue weighted by Gasteiger charge is -2.28. The Balaban J connectivity index is 1.97. The van der Waals surface area contributed by atoms with E-state index in [0.29, 0.717) is 17.2 Å². The lowest BCUT2D eigenvalue weighted by Crippen LogP contribution is -2.38. The van der Waals surface area contributed by atoms with Crippen molar-refractivity contribution in [1.82, 2.24) is 5.32 Å². The van der Waals surface area contributed by atoms with Crippen molar-refractivity contribution in [2.24, 2.45) is 5.92 Å². The van der Waals surface area contributed by atoms with Gasteiger partial charge in [0.25, 0.3) is 5.91 Å². The Hall–Kier alpha value is -1.03. The van der Waals surface area contributed by atoms with Crippen molar-refractivity contribution in [2.75, 3.05) is 5.73 Å². The number of nitrogens with one attached hydrogen (secondary N) is 1. The number of nitrogens with two attached hydrogens (primary N) is 1. The third kappa shape index (κ3) is 3.72. The zero-order valence-corrected chi connectivity index (χ0v) is 12.9. The summed E-state index contributed by atoms with van der Waals surface area (Å²) in [5.74, 6) is 0.586. The van der Waals surface area contributed by atoms with E-state index < -0.39 is 0 Å². The van der Waals surface area contributed by atoms with Crippen molar-refractivity contribution < 1.29 is 4.79 Å². The smallest absolute Gasteiger partial charge is 0.251 e. The van der Waals surface area contributed by atoms with E-state index in [-0.39, 0.29) is 11.9 Å². The molecule has 0 unspecified atom stereocenters. The summed E-state index contributed by atoms with van der Waals surface area (Å²) in [5, 5.41) is 3.10. The first kappa shape index (κ1) is 14.4. The van der Waals surface area contributed by atoms with E-state index in [1.807, 2.05) is 6.07 Å². The van der Waals surface area contributed by atoms with Crippen molar-refractivity contribution in [1.29, 1.82) is 0 Å². The second-order valence-corrected chi connectivity index (χ2v) is 6.25. The first-order valence-electron chi connectivity index (χ1n) is 6.94. The predicted octanol–water partition coefficient (Wildman–Crippen LogP) is 3.73. The van der Waals surface area contributed by atoms with Gasteiger partial charge in [0.2, 0.25) is 0 Å². The maximum absolute atomic E-state index is 12.2. The Morgan fingerprint density at radius 1 is 1.37 bits per heavy atom. The van der Waals surface area contributed by atoms with E-state index in [9.17, 15) is 4.79 Å². The van der Waals surface area contributed by atoms with Gasteiger partial charge in [0.05, 0.1) is 0 Å². The average Bonchev–Trinajstić information content (AvgIpc) is 2.42. The van der Waals surface area contributed by atoms with Crippen LogP contribution in [0.2, 0.25) is 0 Å². The van der Waals surface area contributed by atoms with Crippen LogP contribution < -0.4 is 11.1 Å². The number of rotatable bonds is 3. The molecule has 1 atom stereocenters. The van der Waals surface area contributed by atoms with Gasteiger partial charge in [-0.05, 0) is 59.8 Å². The summed E-state index contributed by atoms with van der Waals surface area (Å²) >= 11 is 3.34. The topological polar surface area (TPSA) is 55.1 Å². The highest BCUT2D eigenvalue weighted by molar-refractivity contribution is 9.10. The maximum Gasteiger partial charge on any atom is 0.251 e. The summed E-state index contributed by atoms with van der Waals surface area (Å²) in [6.45, 7) is 2.11.